The van der Waals surface area contributed by atoms with Crippen LogP contribution in [0.4, 0.5) is 4.39 Å². The molecule has 1 aliphatic heterocycles. The van der Waals surface area contributed by atoms with Gasteiger partial charge in [0.1, 0.15) is 35.8 Å². The maximum absolute atomic E-state index is 13.2. The first-order chi connectivity index (χ1) is 15.3. The normalized spacial score (nSPS) is 31.8. The van der Waals surface area contributed by atoms with E-state index in [9.17, 15) is 24.8 Å². The lowest BCUT2D eigenvalue weighted by atomic mass is 9.88. The van der Waals surface area contributed by atoms with E-state index in [0.29, 0.717) is 12.0 Å². The Kier molecular flexibility index (Phi) is 5.44. The van der Waals surface area contributed by atoms with Crippen LogP contribution in [0.15, 0.2) is 54.6 Å². The van der Waals surface area contributed by atoms with Gasteiger partial charge >= 0.3 is 0 Å². The molecule has 2 aromatic carbocycles. The van der Waals surface area contributed by atoms with Crippen LogP contribution in [0.3, 0.4) is 0 Å². The quantitative estimate of drug-likeness (QED) is 0.485. The zero-order valence-electron chi connectivity index (χ0n) is 17.5. The van der Waals surface area contributed by atoms with Crippen LogP contribution in [-0.2, 0) is 11.2 Å². The summed E-state index contributed by atoms with van der Waals surface area (Å²) in [5, 5.41) is 41.2. The molecule has 1 aliphatic carbocycles. The largest absolute Gasteiger partial charge is 0.390 e. The minimum absolute atomic E-state index is 0.231. The minimum atomic E-state index is -1.40. The molecule has 1 saturated heterocycles. The van der Waals surface area contributed by atoms with E-state index >= 15 is 0 Å². The van der Waals surface area contributed by atoms with Gasteiger partial charge in [0.05, 0.1) is 6.10 Å². The van der Waals surface area contributed by atoms with Crippen molar-refractivity contribution in [2.24, 2.45) is 0 Å². The second kappa shape index (κ2) is 8.02. The van der Waals surface area contributed by atoms with E-state index in [1.54, 1.807) is 23.5 Å². The second-order valence-corrected chi connectivity index (χ2v) is 9.94. The molecule has 32 heavy (non-hydrogen) atoms. The molecule has 2 fully saturated rings. The van der Waals surface area contributed by atoms with Crippen LogP contribution in [0.2, 0.25) is 0 Å². The highest BCUT2D eigenvalue weighted by molar-refractivity contribution is 7.15. The van der Waals surface area contributed by atoms with Gasteiger partial charge in [-0.15, -0.1) is 11.3 Å². The number of thiophene rings is 1. The average Bonchev–Trinajstić information content (AvgIpc) is 3.19. The van der Waals surface area contributed by atoms with Crippen molar-refractivity contribution in [1.29, 1.82) is 0 Å². The third-order valence-corrected chi connectivity index (χ3v) is 7.74. The molecule has 5 nitrogen and oxygen atoms in total. The predicted octanol–water partition coefficient (Wildman–Crippen LogP) is 3.11. The van der Waals surface area contributed by atoms with Gasteiger partial charge in [-0.05, 0) is 53.4 Å². The fourth-order valence-corrected chi connectivity index (χ4v) is 5.51. The number of aryl methyl sites for hydroxylation is 1. The molecule has 1 aromatic heterocycles. The molecule has 4 N–H and O–H groups in total. The smallest absolute Gasteiger partial charge is 0.126 e. The fraction of sp³-hybridized carbons (Fsp3) is 0.360. The van der Waals surface area contributed by atoms with Gasteiger partial charge < -0.3 is 25.2 Å². The monoisotopic (exact) mass is 456 g/mol. The van der Waals surface area contributed by atoms with E-state index in [2.05, 4.69) is 6.07 Å². The number of hydrogen-bond acceptors (Lipinski definition) is 6. The van der Waals surface area contributed by atoms with Crippen LogP contribution in [0.25, 0.3) is 10.4 Å². The first-order valence-corrected chi connectivity index (χ1v) is 11.4. The highest BCUT2D eigenvalue weighted by Crippen LogP contribution is 2.52. The van der Waals surface area contributed by atoms with Crippen LogP contribution < -0.4 is 0 Å². The lowest BCUT2D eigenvalue weighted by molar-refractivity contribution is -0.244. The molecule has 6 atom stereocenters. The van der Waals surface area contributed by atoms with Gasteiger partial charge in [0.25, 0.3) is 0 Å². The number of hydrogen-bond donors (Lipinski definition) is 4. The van der Waals surface area contributed by atoms with E-state index in [0.717, 1.165) is 26.4 Å². The molecule has 0 bridgehead atoms. The van der Waals surface area contributed by atoms with Gasteiger partial charge in [0, 0.05) is 22.6 Å². The van der Waals surface area contributed by atoms with Crippen molar-refractivity contribution in [3.8, 4) is 10.4 Å². The van der Waals surface area contributed by atoms with E-state index < -0.39 is 36.1 Å². The predicted molar refractivity (Wildman–Crippen MR) is 119 cm³/mol. The van der Waals surface area contributed by atoms with Crippen molar-refractivity contribution >= 4 is 11.3 Å². The summed E-state index contributed by atoms with van der Waals surface area (Å²) < 4.78 is 19.2. The molecule has 3 aromatic rings. The molecule has 5 rings (SSSR count). The Morgan fingerprint density at radius 2 is 1.72 bits per heavy atom. The number of aliphatic hydroxyl groups is 4. The summed E-state index contributed by atoms with van der Waals surface area (Å²) >= 11 is 1.64. The van der Waals surface area contributed by atoms with E-state index in [1.807, 2.05) is 31.2 Å². The molecule has 0 amide bonds. The van der Waals surface area contributed by atoms with Gasteiger partial charge in [-0.1, -0.05) is 30.3 Å². The molecule has 1 saturated carbocycles. The van der Waals surface area contributed by atoms with Crippen molar-refractivity contribution in [1.82, 2.24) is 0 Å². The maximum Gasteiger partial charge on any atom is 0.126 e. The van der Waals surface area contributed by atoms with Crippen molar-refractivity contribution in [3.05, 3.63) is 82.0 Å². The second-order valence-electron chi connectivity index (χ2n) is 8.77. The van der Waals surface area contributed by atoms with Gasteiger partial charge in [-0.2, -0.15) is 0 Å². The Hall–Kier alpha value is -2.13. The number of ether oxygens (including phenoxy) is 1. The molecule has 2 aliphatic rings. The number of benzene rings is 2. The summed E-state index contributed by atoms with van der Waals surface area (Å²) in [7, 11) is 0. The van der Waals surface area contributed by atoms with Crippen LogP contribution in [0, 0.1) is 12.7 Å². The van der Waals surface area contributed by atoms with Crippen molar-refractivity contribution < 1.29 is 29.6 Å². The summed E-state index contributed by atoms with van der Waals surface area (Å²) in [4.78, 5) is 2.20. The Bertz CT molecular complexity index is 1130. The van der Waals surface area contributed by atoms with Crippen LogP contribution >= 0.6 is 11.3 Å². The van der Waals surface area contributed by atoms with Crippen LogP contribution in [0.1, 0.15) is 34.1 Å². The molecule has 1 spiro atoms. The van der Waals surface area contributed by atoms with Gasteiger partial charge in [-0.3, -0.25) is 0 Å². The van der Waals surface area contributed by atoms with Crippen molar-refractivity contribution in [3.63, 3.8) is 0 Å². The highest BCUT2D eigenvalue weighted by atomic mass is 32.1. The van der Waals surface area contributed by atoms with Crippen LogP contribution in [-0.4, -0.2) is 50.4 Å². The van der Waals surface area contributed by atoms with E-state index in [4.69, 9.17) is 4.74 Å². The molecule has 0 radical (unpaired) electrons. The van der Waals surface area contributed by atoms with Crippen molar-refractivity contribution in [2.45, 2.75) is 55.9 Å². The standard InChI is InChI=1S/C25H25FO5S/c1-13-2-3-15(23-21(28)22(29)24(30)25(31-23)12-20(25)27)10-16(13)11-18-8-9-19(32-18)14-4-6-17(26)7-5-14/h2-10,20-24,27-30H,11-12H2,1H3/t20-,21-,22-,23+,24+,25+/m1/s1. The van der Waals surface area contributed by atoms with Gasteiger partial charge in [0.15, 0.2) is 0 Å². The fourth-order valence-electron chi connectivity index (χ4n) is 4.47. The summed E-state index contributed by atoms with van der Waals surface area (Å²) in [5.41, 5.74) is 2.58. The summed E-state index contributed by atoms with van der Waals surface area (Å²) in [6.45, 7) is 2.01. The molecule has 0 unspecified atom stereocenters. The number of halogens is 1. The lowest BCUT2D eigenvalue weighted by Crippen LogP contribution is -2.56. The molecular formula is C25H25FO5S. The first-order valence-electron chi connectivity index (χ1n) is 10.6. The Morgan fingerprint density at radius 3 is 2.41 bits per heavy atom. The highest BCUT2D eigenvalue weighted by Gasteiger charge is 2.67. The molecule has 168 valence electrons. The SMILES string of the molecule is Cc1ccc([C@@H]2O[C@]3(C[C@H]3O)[C@@H](O)[C@H](O)[C@H]2O)cc1Cc1ccc(-c2ccc(F)cc2)s1. The van der Waals surface area contributed by atoms with Gasteiger partial charge in [-0.25, -0.2) is 4.39 Å². The lowest BCUT2D eigenvalue weighted by Gasteiger charge is -2.41. The Morgan fingerprint density at radius 1 is 1.00 bits per heavy atom. The Balaban J connectivity index is 1.39. The third kappa shape index (κ3) is 3.69. The minimum Gasteiger partial charge on any atom is -0.390 e. The van der Waals surface area contributed by atoms with Crippen LogP contribution in [0.5, 0.6) is 0 Å². The van der Waals surface area contributed by atoms with Gasteiger partial charge in [0.2, 0.25) is 0 Å². The van der Waals surface area contributed by atoms with E-state index in [-0.39, 0.29) is 12.2 Å². The summed E-state index contributed by atoms with van der Waals surface area (Å²) in [5.74, 6) is -0.261. The average molecular weight is 457 g/mol. The topological polar surface area (TPSA) is 90.2 Å². The summed E-state index contributed by atoms with van der Waals surface area (Å²) in [6.07, 6.45) is -4.82. The molecule has 2 heterocycles. The zero-order chi connectivity index (χ0) is 22.6. The Labute approximate surface area is 189 Å². The first kappa shape index (κ1) is 21.7. The van der Waals surface area contributed by atoms with E-state index in [1.165, 1.54) is 12.1 Å². The number of rotatable bonds is 4. The zero-order valence-corrected chi connectivity index (χ0v) is 18.3. The molecule has 7 heteroatoms. The summed E-state index contributed by atoms with van der Waals surface area (Å²) in [6, 6.07) is 16.3. The third-order valence-electron chi connectivity index (χ3n) is 6.60. The van der Waals surface area contributed by atoms with Crippen molar-refractivity contribution in [2.75, 3.05) is 0 Å². The number of aliphatic hydroxyl groups excluding tert-OH is 4. The molecular weight excluding hydrogens is 431 g/mol. The maximum atomic E-state index is 13.2.